The number of carbonyl (C=O) groups excluding carboxylic acids is 3. The number of hydrogen-bond donors (Lipinski definition) is 2. The molecule has 31 heavy (non-hydrogen) atoms. The van der Waals surface area contributed by atoms with Crippen LogP contribution in [0, 0.1) is 5.41 Å². The van der Waals surface area contributed by atoms with Crippen molar-refractivity contribution >= 4 is 33.6 Å². The van der Waals surface area contributed by atoms with Crippen LogP contribution in [0.1, 0.15) is 53.0 Å². The third-order valence-electron chi connectivity index (χ3n) is 5.65. The van der Waals surface area contributed by atoms with Crippen LogP contribution in [0.25, 0.3) is 0 Å². The van der Waals surface area contributed by atoms with Crippen molar-refractivity contribution in [1.29, 1.82) is 0 Å². The van der Waals surface area contributed by atoms with E-state index in [0.29, 0.717) is 27.9 Å². The van der Waals surface area contributed by atoms with Crippen LogP contribution in [0.5, 0.6) is 5.75 Å². The number of allylic oxidation sites excluding steroid dienone is 1. The highest BCUT2D eigenvalue weighted by atomic mass is 79.9. The third-order valence-corrected chi connectivity index (χ3v) is 6.14. The van der Waals surface area contributed by atoms with Crippen LogP contribution in [0.15, 0.2) is 45.4 Å². The van der Waals surface area contributed by atoms with Crippen molar-refractivity contribution in [2.75, 3.05) is 0 Å². The molecule has 2 aliphatic heterocycles. The Morgan fingerprint density at radius 2 is 1.90 bits per heavy atom. The summed E-state index contributed by atoms with van der Waals surface area (Å²) in [7, 11) is 0. The zero-order chi connectivity index (χ0) is 22.9. The van der Waals surface area contributed by atoms with Gasteiger partial charge in [0.15, 0.2) is 5.78 Å². The van der Waals surface area contributed by atoms with Gasteiger partial charge in [-0.15, -0.1) is 0 Å². The number of ketones is 1. The Morgan fingerprint density at radius 3 is 2.55 bits per heavy atom. The molecule has 4 rings (SSSR count). The van der Waals surface area contributed by atoms with Gasteiger partial charge >= 0.3 is 5.97 Å². The Bertz CT molecular complexity index is 1110. The van der Waals surface area contributed by atoms with Crippen LogP contribution in [-0.2, 0) is 24.5 Å². The Kier molecular flexibility index (Phi) is 4.67. The van der Waals surface area contributed by atoms with Crippen molar-refractivity contribution in [2.24, 2.45) is 11.1 Å². The summed E-state index contributed by atoms with van der Waals surface area (Å²) < 4.78 is 12.0. The lowest BCUT2D eigenvalue weighted by Crippen LogP contribution is -2.49. The summed E-state index contributed by atoms with van der Waals surface area (Å²) in [6.07, 6.45) is 0.738. The van der Waals surface area contributed by atoms with E-state index in [9.17, 15) is 14.4 Å². The van der Waals surface area contributed by atoms with Gasteiger partial charge in [-0.2, -0.15) is 0 Å². The van der Waals surface area contributed by atoms with Gasteiger partial charge in [-0.05, 0) is 50.8 Å². The van der Waals surface area contributed by atoms with E-state index in [1.807, 2.05) is 13.8 Å². The van der Waals surface area contributed by atoms with Crippen LogP contribution in [0.2, 0.25) is 0 Å². The number of esters is 1. The molecular weight excluding hydrogens is 464 g/mol. The van der Waals surface area contributed by atoms with Gasteiger partial charge in [0.2, 0.25) is 11.8 Å². The van der Waals surface area contributed by atoms with E-state index in [1.54, 1.807) is 39.0 Å². The molecule has 0 saturated carbocycles. The SMILES string of the molecule is CC1(C)CC(=O)C2=C(C1)NC(=O)[C@]21C(C(=O)OC(C)(C)C)=C(N)Oc2ccc(Br)cc21. The van der Waals surface area contributed by atoms with E-state index < -0.39 is 22.9 Å². The van der Waals surface area contributed by atoms with Crippen LogP contribution in [0.4, 0.5) is 0 Å². The lowest BCUT2D eigenvalue weighted by molar-refractivity contribution is -0.152. The minimum Gasteiger partial charge on any atom is -0.456 e. The molecule has 0 aromatic heterocycles. The number of rotatable bonds is 1. The number of benzene rings is 1. The molecule has 3 N–H and O–H groups in total. The molecule has 1 atom stereocenters. The first-order valence-corrected chi connectivity index (χ1v) is 10.9. The highest BCUT2D eigenvalue weighted by Gasteiger charge is 2.63. The first-order valence-electron chi connectivity index (χ1n) is 10.1. The van der Waals surface area contributed by atoms with Crippen molar-refractivity contribution in [3.05, 3.63) is 51.0 Å². The molecule has 7 nitrogen and oxygen atoms in total. The second kappa shape index (κ2) is 6.69. The van der Waals surface area contributed by atoms with Crippen LogP contribution < -0.4 is 15.8 Å². The number of halogens is 1. The smallest absolute Gasteiger partial charge is 0.341 e. The maximum atomic E-state index is 13.7. The molecule has 1 aliphatic carbocycles. The van der Waals surface area contributed by atoms with E-state index in [-0.39, 0.29) is 34.6 Å². The molecule has 1 aromatic rings. The van der Waals surface area contributed by atoms with Gasteiger partial charge in [0.1, 0.15) is 22.3 Å². The molecule has 1 aromatic carbocycles. The fraction of sp³-hybridized carbons (Fsp3) is 0.435. The normalized spacial score (nSPS) is 24.6. The van der Waals surface area contributed by atoms with Gasteiger partial charge in [0.25, 0.3) is 0 Å². The predicted molar refractivity (Wildman–Crippen MR) is 117 cm³/mol. The number of ether oxygens (including phenoxy) is 2. The zero-order valence-electron chi connectivity index (χ0n) is 18.1. The molecule has 0 saturated heterocycles. The molecule has 8 heteroatoms. The lowest BCUT2D eigenvalue weighted by Gasteiger charge is -2.39. The minimum atomic E-state index is -1.73. The number of fused-ring (bicyclic) bond motifs is 3. The van der Waals surface area contributed by atoms with Crippen molar-refractivity contribution < 1.29 is 23.9 Å². The quantitative estimate of drug-likeness (QED) is 0.586. The number of carbonyl (C=O) groups is 3. The van der Waals surface area contributed by atoms with Crippen molar-refractivity contribution in [2.45, 2.75) is 58.5 Å². The van der Waals surface area contributed by atoms with Gasteiger partial charge in [0.05, 0.1) is 0 Å². The highest BCUT2D eigenvalue weighted by molar-refractivity contribution is 9.10. The Morgan fingerprint density at radius 1 is 1.23 bits per heavy atom. The van der Waals surface area contributed by atoms with Gasteiger partial charge < -0.3 is 20.5 Å². The van der Waals surface area contributed by atoms with Crippen molar-refractivity contribution in [3.63, 3.8) is 0 Å². The fourth-order valence-corrected chi connectivity index (χ4v) is 5.02. The molecule has 1 amide bonds. The van der Waals surface area contributed by atoms with Crippen molar-refractivity contribution in [3.8, 4) is 5.75 Å². The summed E-state index contributed by atoms with van der Waals surface area (Å²) in [5, 5.41) is 2.88. The molecule has 1 spiro atoms. The first-order chi connectivity index (χ1) is 14.3. The molecule has 0 radical (unpaired) electrons. The number of nitrogens with two attached hydrogens (primary N) is 1. The summed E-state index contributed by atoms with van der Waals surface area (Å²) in [4.78, 5) is 40.5. The Hall–Kier alpha value is -2.61. The molecule has 0 fully saturated rings. The maximum Gasteiger partial charge on any atom is 0.341 e. The minimum absolute atomic E-state index is 0.163. The molecular formula is C23H25BrN2O5. The molecule has 164 valence electrons. The van der Waals surface area contributed by atoms with E-state index in [0.717, 1.165) is 0 Å². The average molecular weight is 489 g/mol. The number of Topliss-reactive ketones (excluding diaryl/α,β-unsaturated/α-hetero) is 1. The van der Waals surface area contributed by atoms with Crippen LogP contribution in [-0.4, -0.2) is 23.3 Å². The Balaban J connectivity index is 2.05. The van der Waals surface area contributed by atoms with E-state index in [4.69, 9.17) is 15.2 Å². The van der Waals surface area contributed by atoms with E-state index in [2.05, 4.69) is 21.2 Å². The lowest BCUT2D eigenvalue weighted by atomic mass is 9.63. The summed E-state index contributed by atoms with van der Waals surface area (Å²) in [6.45, 7) is 9.10. The molecule has 0 bridgehead atoms. The predicted octanol–water partition coefficient (Wildman–Crippen LogP) is 3.36. The fourth-order valence-electron chi connectivity index (χ4n) is 4.66. The summed E-state index contributed by atoms with van der Waals surface area (Å²) in [5.74, 6) is -1.43. The second-order valence-electron chi connectivity index (χ2n) is 9.98. The van der Waals surface area contributed by atoms with Gasteiger partial charge in [0, 0.05) is 27.7 Å². The van der Waals surface area contributed by atoms with Crippen LogP contribution >= 0.6 is 15.9 Å². The number of hydrogen-bond acceptors (Lipinski definition) is 6. The molecule has 2 heterocycles. The van der Waals surface area contributed by atoms with Crippen LogP contribution in [0.3, 0.4) is 0 Å². The maximum absolute atomic E-state index is 13.7. The number of nitrogens with one attached hydrogen (secondary N) is 1. The van der Waals surface area contributed by atoms with Gasteiger partial charge in [-0.1, -0.05) is 29.8 Å². The topological polar surface area (TPSA) is 108 Å². The highest BCUT2D eigenvalue weighted by Crippen LogP contribution is 2.55. The molecule has 0 unspecified atom stereocenters. The summed E-state index contributed by atoms with van der Waals surface area (Å²) in [5.41, 5.74) is 4.33. The van der Waals surface area contributed by atoms with Gasteiger partial charge in [-0.3, -0.25) is 9.59 Å². The molecule has 3 aliphatic rings. The summed E-state index contributed by atoms with van der Waals surface area (Å²) in [6, 6.07) is 5.09. The van der Waals surface area contributed by atoms with Gasteiger partial charge in [-0.25, -0.2) is 4.79 Å². The number of amides is 1. The first kappa shape index (κ1) is 21.6. The largest absolute Gasteiger partial charge is 0.456 e. The third kappa shape index (κ3) is 3.28. The van der Waals surface area contributed by atoms with Crippen molar-refractivity contribution in [1.82, 2.24) is 5.32 Å². The average Bonchev–Trinajstić information content (AvgIpc) is 2.85. The monoisotopic (exact) mass is 488 g/mol. The standard InChI is InChI=1S/C23H25BrN2O5/c1-21(2,3)31-19(28)17-18(25)30-15-7-6-11(24)8-12(15)23(17)16-13(26-20(23)29)9-22(4,5)10-14(16)27/h6-8H,9-10,25H2,1-5H3,(H,26,29)/t23-/m0/s1. The second-order valence-corrected chi connectivity index (χ2v) is 10.9. The Labute approximate surface area is 189 Å². The van der Waals surface area contributed by atoms with E-state index in [1.165, 1.54) is 0 Å². The zero-order valence-corrected chi connectivity index (χ0v) is 19.7. The summed E-state index contributed by atoms with van der Waals surface area (Å²) >= 11 is 3.43. The van der Waals surface area contributed by atoms with E-state index >= 15 is 0 Å².